The van der Waals surface area contributed by atoms with E-state index >= 15 is 0 Å². The predicted octanol–water partition coefficient (Wildman–Crippen LogP) is 1.28. The summed E-state index contributed by atoms with van der Waals surface area (Å²) in [5.74, 6) is -0.879. The second-order valence-electron chi connectivity index (χ2n) is 4.25. The number of nitrogens with one attached hydrogen (secondary N) is 2. The molecule has 21 heavy (non-hydrogen) atoms. The van der Waals surface area contributed by atoms with E-state index in [9.17, 15) is 13.2 Å². The molecule has 2 aromatic rings. The quantitative estimate of drug-likeness (QED) is 0.573. The predicted molar refractivity (Wildman–Crippen MR) is 76.2 cm³/mol. The molecule has 0 aromatic heterocycles. The molecule has 0 aliphatic carbocycles. The van der Waals surface area contributed by atoms with Gasteiger partial charge in [0.05, 0.1) is 10.5 Å². The fourth-order valence-corrected chi connectivity index (χ4v) is 3.02. The lowest BCUT2D eigenvalue weighted by Gasteiger charge is -2.10. The van der Waals surface area contributed by atoms with E-state index in [0.717, 1.165) is 5.56 Å². The Morgan fingerprint density at radius 3 is 2.29 bits per heavy atom. The van der Waals surface area contributed by atoms with Crippen LogP contribution in [0.25, 0.3) is 0 Å². The van der Waals surface area contributed by atoms with Crippen molar-refractivity contribution in [2.24, 2.45) is 0 Å². The largest absolute Gasteiger partial charge is 0.288 e. The molecule has 6 nitrogen and oxygen atoms in total. The number of carbonyl (C=O) groups excluding carboxylic acids is 1. The van der Waals surface area contributed by atoms with Crippen LogP contribution in [-0.4, -0.2) is 19.5 Å². The van der Waals surface area contributed by atoms with Gasteiger partial charge >= 0.3 is 0 Å². The van der Waals surface area contributed by atoms with E-state index in [2.05, 4.69) is 4.72 Å². The minimum absolute atomic E-state index is 0.109. The first-order valence-electron chi connectivity index (χ1n) is 6.11. The summed E-state index contributed by atoms with van der Waals surface area (Å²) in [7, 11) is -3.87. The third-order valence-electron chi connectivity index (χ3n) is 2.83. The summed E-state index contributed by atoms with van der Waals surface area (Å²) in [6, 6.07) is 14.7. The van der Waals surface area contributed by atoms with E-state index in [0.29, 0.717) is 0 Å². The van der Waals surface area contributed by atoms with Gasteiger partial charge in [-0.25, -0.2) is 18.6 Å². The van der Waals surface area contributed by atoms with E-state index in [1.54, 1.807) is 24.3 Å². The lowest BCUT2D eigenvalue weighted by molar-refractivity contribution is 0.0702. The smallest absolute Gasteiger partial charge is 0.276 e. The number of hydroxylamine groups is 1. The molecule has 0 spiro atoms. The number of hydrogen-bond acceptors (Lipinski definition) is 4. The van der Waals surface area contributed by atoms with Crippen molar-refractivity contribution in [1.29, 1.82) is 0 Å². The van der Waals surface area contributed by atoms with Crippen molar-refractivity contribution in [2.75, 3.05) is 0 Å². The molecule has 2 aromatic carbocycles. The van der Waals surface area contributed by atoms with Crippen LogP contribution in [0.1, 0.15) is 15.9 Å². The highest BCUT2D eigenvalue weighted by atomic mass is 32.2. The maximum Gasteiger partial charge on any atom is 0.276 e. The van der Waals surface area contributed by atoms with Crippen molar-refractivity contribution in [3.05, 3.63) is 65.7 Å². The van der Waals surface area contributed by atoms with E-state index < -0.39 is 15.9 Å². The van der Waals surface area contributed by atoms with Gasteiger partial charge in [-0.05, 0) is 17.7 Å². The van der Waals surface area contributed by atoms with E-state index in [4.69, 9.17) is 5.21 Å². The van der Waals surface area contributed by atoms with Crippen LogP contribution in [0.2, 0.25) is 0 Å². The second-order valence-corrected chi connectivity index (χ2v) is 5.98. The van der Waals surface area contributed by atoms with Crippen molar-refractivity contribution in [1.82, 2.24) is 10.2 Å². The average molecular weight is 306 g/mol. The molecule has 0 aliphatic rings. The zero-order chi connectivity index (χ0) is 15.3. The molecule has 2 rings (SSSR count). The van der Waals surface area contributed by atoms with E-state index in [-0.39, 0.29) is 17.0 Å². The maximum atomic E-state index is 12.3. The van der Waals surface area contributed by atoms with Crippen molar-refractivity contribution >= 4 is 15.9 Å². The fraction of sp³-hybridized carbons (Fsp3) is 0.0714. The lowest BCUT2D eigenvalue weighted by atomic mass is 10.2. The van der Waals surface area contributed by atoms with Crippen LogP contribution in [0.5, 0.6) is 0 Å². The molecule has 0 saturated heterocycles. The Balaban J connectivity index is 2.26. The summed E-state index contributed by atoms with van der Waals surface area (Å²) in [6.07, 6.45) is 0. The third-order valence-corrected chi connectivity index (χ3v) is 4.29. The molecule has 0 unspecified atom stereocenters. The first-order valence-corrected chi connectivity index (χ1v) is 7.60. The van der Waals surface area contributed by atoms with Crippen LogP contribution < -0.4 is 10.2 Å². The summed E-state index contributed by atoms with van der Waals surface area (Å²) in [5.41, 5.74) is 2.11. The summed E-state index contributed by atoms with van der Waals surface area (Å²) in [5, 5.41) is 8.67. The number of sulfonamides is 1. The highest BCUT2D eigenvalue weighted by molar-refractivity contribution is 7.89. The summed E-state index contributed by atoms with van der Waals surface area (Å²) >= 11 is 0. The van der Waals surface area contributed by atoms with Crippen LogP contribution in [0, 0.1) is 0 Å². The van der Waals surface area contributed by atoms with Crippen LogP contribution >= 0.6 is 0 Å². The summed E-state index contributed by atoms with van der Waals surface area (Å²) in [6.45, 7) is 0.109. The topological polar surface area (TPSA) is 95.5 Å². The SMILES string of the molecule is O=C(NO)c1ccccc1S(=O)(=O)NCc1ccccc1. The van der Waals surface area contributed by atoms with Gasteiger partial charge in [-0.2, -0.15) is 0 Å². The average Bonchev–Trinajstić information content (AvgIpc) is 2.53. The third kappa shape index (κ3) is 3.66. The Hall–Kier alpha value is -2.22. The minimum atomic E-state index is -3.87. The van der Waals surface area contributed by atoms with E-state index in [1.165, 1.54) is 29.7 Å². The monoisotopic (exact) mass is 306 g/mol. The molecular formula is C14H14N2O4S. The molecule has 0 radical (unpaired) electrons. The number of hydrogen-bond donors (Lipinski definition) is 3. The van der Waals surface area contributed by atoms with Crippen LogP contribution in [0.4, 0.5) is 0 Å². The second kappa shape index (κ2) is 6.49. The van der Waals surface area contributed by atoms with Crippen molar-refractivity contribution in [2.45, 2.75) is 11.4 Å². The van der Waals surface area contributed by atoms with Crippen LogP contribution in [-0.2, 0) is 16.6 Å². The molecule has 0 atom stereocenters. The van der Waals surface area contributed by atoms with Gasteiger partial charge in [-0.3, -0.25) is 10.0 Å². The Bertz CT molecular complexity index is 730. The first-order chi connectivity index (χ1) is 10.0. The molecule has 110 valence electrons. The Kier molecular flexibility index (Phi) is 4.69. The summed E-state index contributed by atoms with van der Waals surface area (Å²) in [4.78, 5) is 11.3. The van der Waals surface area contributed by atoms with Gasteiger partial charge in [0.15, 0.2) is 0 Å². The number of carbonyl (C=O) groups is 1. The molecule has 3 N–H and O–H groups in total. The molecule has 1 amide bonds. The van der Waals surface area contributed by atoms with Gasteiger partial charge < -0.3 is 0 Å². The van der Waals surface area contributed by atoms with Crippen LogP contribution in [0.15, 0.2) is 59.5 Å². The standard InChI is InChI=1S/C14H14N2O4S/c17-14(16-18)12-8-4-5-9-13(12)21(19,20)15-10-11-6-2-1-3-7-11/h1-9,15,18H,10H2,(H,16,17). The zero-order valence-corrected chi connectivity index (χ0v) is 11.8. The summed E-state index contributed by atoms with van der Waals surface area (Å²) < 4.78 is 27.0. The molecule has 0 bridgehead atoms. The normalized spacial score (nSPS) is 11.1. The highest BCUT2D eigenvalue weighted by Gasteiger charge is 2.21. The maximum absolute atomic E-state index is 12.3. The molecule has 0 fully saturated rings. The Morgan fingerprint density at radius 2 is 1.62 bits per heavy atom. The Labute approximate surface area is 122 Å². The molecular weight excluding hydrogens is 292 g/mol. The van der Waals surface area contributed by atoms with Crippen LogP contribution in [0.3, 0.4) is 0 Å². The Morgan fingerprint density at radius 1 is 1.00 bits per heavy atom. The lowest BCUT2D eigenvalue weighted by Crippen LogP contribution is -2.27. The number of benzene rings is 2. The van der Waals surface area contributed by atoms with Crippen molar-refractivity contribution in [3.63, 3.8) is 0 Å². The molecule has 0 saturated carbocycles. The number of rotatable bonds is 5. The van der Waals surface area contributed by atoms with Crippen molar-refractivity contribution in [3.8, 4) is 0 Å². The molecule has 0 aliphatic heterocycles. The van der Waals surface area contributed by atoms with Gasteiger partial charge in [-0.15, -0.1) is 0 Å². The molecule has 0 heterocycles. The zero-order valence-electron chi connectivity index (χ0n) is 11.0. The first kappa shape index (κ1) is 15.2. The van der Waals surface area contributed by atoms with E-state index in [1.807, 2.05) is 6.07 Å². The minimum Gasteiger partial charge on any atom is -0.288 e. The van der Waals surface area contributed by atoms with Gasteiger partial charge in [0.1, 0.15) is 0 Å². The van der Waals surface area contributed by atoms with Crippen molar-refractivity contribution < 1.29 is 18.4 Å². The fourth-order valence-electron chi connectivity index (χ4n) is 1.80. The number of amides is 1. The highest BCUT2D eigenvalue weighted by Crippen LogP contribution is 2.15. The van der Waals surface area contributed by atoms with Gasteiger partial charge in [0.2, 0.25) is 10.0 Å². The van der Waals surface area contributed by atoms with Gasteiger partial charge in [0, 0.05) is 6.54 Å². The molecule has 7 heteroatoms. The van der Waals surface area contributed by atoms with Gasteiger partial charge in [0.25, 0.3) is 5.91 Å². The van der Waals surface area contributed by atoms with Gasteiger partial charge in [-0.1, -0.05) is 42.5 Å².